The fourth-order valence-corrected chi connectivity index (χ4v) is 2.18. The molecule has 1 atom stereocenters. The van der Waals surface area contributed by atoms with E-state index in [4.69, 9.17) is 11.6 Å². The van der Waals surface area contributed by atoms with Gasteiger partial charge >= 0.3 is 0 Å². The summed E-state index contributed by atoms with van der Waals surface area (Å²) in [5, 5.41) is 6.51. The lowest BCUT2D eigenvalue weighted by atomic mass is 10.1. The van der Waals surface area contributed by atoms with Crippen molar-refractivity contribution in [2.45, 2.75) is 51.6 Å². The van der Waals surface area contributed by atoms with E-state index in [1.807, 2.05) is 20.8 Å². The first-order chi connectivity index (χ1) is 8.99. The van der Waals surface area contributed by atoms with Crippen LogP contribution < -0.4 is 10.6 Å². The first kappa shape index (κ1) is 14.1. The smallest absolute Gasteiger partial charge is 0.242 e. The molecule has 1 aliphatic rings. The van der Waals surface area contributed by atoms with Crippen LogP contribution in [0.3, 0.4) is 0 Å². The standard InChI is InChI=1S/C13H19ClN4O/c1-7(2)10-11(14)15-6-16-12(10)17-8(3)13(19)18-9-4-5-9/h6-9H,4-5H2,1-3H3,(H,18,19)(H,15,16,17). The molecule has 1 saturated carbocycles. The molecule has 0 bridgehead atoms. The van der Waals surface area contributed by atoms with E-state index in [0.29, 0.717) is 17.0 Å². The van der Waals surface area contributed by atoms with Crippen molar-refractivity contribution in [1.29, 1.82) is 0 Å². The number of nitrogens with zero attached hydrogens (tertiary/aromatic N) is 2. The molecule has 1 aliphatic carbocycles. The molecule has 2 rings (SSSR count). The van der Waals surface area contributed by atoms with E-state index >= 15 is 0 Å². The number of anilines is 1. The van der Waals surface area contributed by atoms with Gasteiger partial charge in [0, 0.05) is 11.6 Å². The Balaban J connectivity index is 2.09. The second-order valence-corrected chi connectivity index (χ2v) is 5.59. The van der Waals surface area contributed by atoms with E-state index < -0.39 is 0 Å². The van der Waals surface area contributed by atoms with Gasteiger partial charge in [-0.3, -0.25) is 4.79 Å². The highest BCUT2D eigenvalue weighted by Gasteiger charge is 2.26. The maximum atomic E-state index is 11.9. The molecule has 5 nitrogen and oxygen atoms in total. The molecule has 0 aromatic carbocycles. The Kier molecular flexibility index (Phi) is 4.24. The highest BCUT2D eigenvalue weighted by Crippen LogP contribution is 2.28. The minimum absolute atomic E-state index is 0.00746. The molecule has 0 saturated heterocycles. The van der Waals surface area contributed by atoms with Gasteiger partial charge in [0.05, 0.1) is 0 Å². The molecule has 0 radical (unpaired) electrons. The van der Waals surface area contributed by atoms with Crippen LogP contribution >= 0.6 is 11.6 Å². The van der Waals surface area contributed by atoms with Gasteiger partial charge in [0.2, 0.25) is 5.91 Å². The number of carbonyl (C=O) groups is 1. The fourth-order valence-electron chi connectivity index (χ4n) is 1.83. The van der Waals surface area contributed by atoms with E-state index in [9.17, 15) is 4.79 Å². The topological polar surface area (TPSA) is 66.9 Å². The highest BCUT2D eigenvalue weighted by atomic mass is 35.5. The van der Waals surface area contributed by atoms with Gasteiger partial charge in [-0.25, -0.2) is 9.97 Å². The summed E-state index contributed by atoms with van der Waals surface area (Å²) in [7, 11) is 0. The van der Waals surface area contributed by atoms with Crippen LogP contribution in [0.5, 0.6) is 0 Å². The summed E-state index contributed by atoms with van der Waals surface area (Å²) in [5.74, 6) is 0.815. The summed E-state index contributed by atoms with van der Waals surface area (Å²) in [5.41, 5.74) is 0.843. The van der Waals surface area contributed by atoms with Crippen molar-refractivity contribution in [3.05, 3.63) is 17.0 Å². The average Bonchev–Trinajstić information content (AvgIpc) is 3.12. The summed E-state index contributed by atoms with van der Waals surface area (Å²) in [6.45, 7) is 5.85. The van der Waals surface area contributed by atoms with Gasteiger partial charge in [-0.1, -0.05) is 25.4 Å². The van der Waals surface area contributed by atoms with Gasteiger partial charge in [0.1, 0.15) is 23.3 Å². The predicted molar refractivity (Wildman–Crippen MR) is 75.4 cm³/mol. The first-order valence-electron chi connectivity index (χ1n) is 6.56. The molecular weight excluding hydrogens is 264 g/mol. The van der Waals surface area contributed by atoms with Crippen LogP contribution in [0.15, 0.2) is 6.33 Å². The molecule has 1 amide bonds. The second-order valence-electron chi connectivity index (χ2n) is 5.23. The molecule has 1 fully saturated rings. The van der Waals surface area contributed by atoms with Gasteiger partial charge < -0.3 is 10.6 Å². The molecule has 19 heavy (non-hydrogen) atoms. The normalized spacial score (nSPS) is 16.3. The van der Waals surface area contributed by atoms with Crippen molar-refractivity contribution in [3.63, 3.8) is 0 Å². The highest BCUT2D eigenvalue weighted by molar-refractivity contribution is 6.30. The molecule has 2 N–H and O–H groups in total. The number of amides is 1. The number of halogens is 1. The second kappa shape index (κ2) is 5.74. The molecule has 1 unspecified atom stereocenters. The summed E-state index contributed by atoms with van der Waals surface area (Å²) < 4.78 is 0. The van der Waals surface area contributed by atoms with E-state index in [0.717, 1.165) is 18.4 Å². The maximum Gasteiger partial charge on any atom is 0.242 e. The predicted octanol–water partition coefficient (Wildman–Crippen LogP) is 2.33. The number of carbonyl (C=O) groups excluding carboxylic acids is 1. The van der Waals surface area contributed by atoms with Gasteiger partial charge in [-0.05, 0) is 25.7 Å². The van der Waals surface area contributed by atoms with E-state index in [2.05, 4.69) is 20.6 Å². The van der Waals surface area contributed by atoms with Crippen LogP contribution in [-0.4, -0.2) is 28.0 Å². The van der Waals surface area contributed by atoms with Crippen LogP contribution in [0.25, 0.3) is 0 Å². The van der Waals surface area contributed by atoms with Crippen LogP contribution in [0, 0.1) is 0 Å². The Morgan fingerprint density at radius 1 is 1.37 bits per heavy atom. The maximum absolute atomic E-state index is 11.9. The molecule has 1 aromatic rings. The zero-order valence-corrected chi connectivity index (χ0v) is 12.2. The largest absolute Gasteiger partial charge is 0.358 e. The van der Waals surface area contributed by atoms with Gasteiger partial charge in [0.15, 0.2) is 0 Å². The Morgan fingerprint density at radius 3 is 2.63 bits per heavy atom. The molecule has 6 heteroatoms. The third-order valence-electron chi connectivity index (χ3n) is 3.08. The lowest BCUT2D eigenvalue weighted by Gasteiger charge is -2.18. The monoisotopic (exact) mass is 282 g/mol. The first-order valence-corrected chi connectivity index (χ1v) is 6.94. The summed E-state index contributed by atoms with van der Waals surface area (Å²) >= 11 is 6.09. The number of hydrogen-bond donors (Lipinski definition) is 2. The summed E-state index contributed by atoms with van der Waals surface area (Å²) in [6, 6.07) is 0.0133. The minimum atomic E-state index is -0.343. The third-order valence-corrected chi connectivity index (χ3v) is 3.38. The number of nitrogens with one attached hydrogen (secondary N) is 2. The van der Waals surface area contributed by atoms with Crippen LogP contribution in [0.1, 0.15) is 45.1 Å². The van der Waals surface area contributed by atoms with Crippen molar-refractivity contribution in [2.24, 2.45) is 0 Å². The Hall–Kier alpha value is -1.36. The van der Waals surface area contributed by atoms with Crippen molar-refractivity contribution in [3.8, 4) is 0 Å². The summed E-state index contributed by atoms with van der Waals surface area (Å²) in [6.07, 6.45) is 3.56. The Labute approximate surface area is 118 Å². The zero-order valence-electron chi connectivity index (χ0n) is 11.4. The van der Waals surface area contributed by atoms with Crippen LogP contribution in [0.2, 0.25) is 5.15 Å². The molecule has 0 aliphatic heterocycles. The SMILES string of the molecule is CC(Nc1ncnc(Cl)c1C(C)C)C(=O)NC1CC1. The van der Waals surface area contributed by atoms with E-state index in [1.165, 1.54) is 6.33 Å². The number of aromatic nitrogens is 2. The van der Waals surface area contributed by atoms with Crippen molar-refractivity contribution < 1.29 is 4.79 Å². The minimum Gasteiger partial charge on any atom is -0.358 e. The zero-order chi connectivity index (χ0) is 14.0. The third kappa shape index (κ3) is 3.56. The molecule has 1 heterocycles. The molecule has 104 valence electrons. The number of hydrogen-bond acceptors (Lipinski definition) is 4. The molecular formula is C13H19ClN4O. The van der Waals surface area contributed by atoms with Gasteiger partial charge in [-0.15, -0.1) is 0 Å². The lowest BCUT2D eigenvalue weighted by Crippen LogP contribution is -2.39. The Bertz CT molecular complexity index is 474. The van der Waals surface area contributed by atoms with Crippen molar-refractivity contribution in [1.82, 2.24) is 15.3 Å². The van der Waals surface area contributed by atoms with E-state index in [1.54, 1.807) is 0 Å². The fraction of sp³-hybridized carbons (Fsp3) is 0.615. The molecule has 1 aromatic heterocycles. The van der Waals surface area contributed by atoms with Crippen LogP contribution in [0.4, 0.5) is 5.82 Å². The molecule has 0 spiro atoms. The average molecular weight is 283 g/mol. The van der Waals surface area contributed by atoms with Crippen molar-refractivity contribution in [2.75, 3.05) is 5.32 Å². The van der Waals surface area contributed by atoms with Crippen molar-refractivity contribution >= 4 is 23.3 Å². The van der Waals surface area contributed by atoms with Gasteiger partial charge in [0.25, 0.3) is 0 Å². The van der Waals surface area contributed by atoms with Crippen LogP contribution in [-0.2, 0) is 4.79 Å². The lowest BCUT2D eigenvalue weighted by molar-refractivity contribution is -0.121. The Morgan fingerprint density at radius 2 is 2.05 bits per heavy atom. The summed E-state index contributed by atoms with van der Waals surface area (Å²) in [4.78, 5) is 20.1. The van der Waals surface area contributed by atoms with E-state index in [-0.39, 0.29) is 17.9 Å². The number of rotatable bonds is 5. The quantitative estimate of drug-likeness (QED) is 0.814. The van der Waals surface area contributed by atoms with Gasteiger partial charge in [-0.2, -0.15) is 0 Å².